The molecule has 0 N–H and O–H groups in total. The van der Waals surface area contributed by atoms with Gasteiger partial charge in [0.1, 0.15) is 0 Å². The molecular weight excluding hydrogens is 396 g/mol. The van der Waals surface area contributed by atoms with Crippen molar-refractivity contribution >= 4 is 10.1 Å². The van der Waals surface area contributed by atoms with Crippen LogP contribution in [0.25, 0.3) is 0 Å². The molecule has 0 aromatic heterocycles. The maximum atomic E-state index is 13.3. The zero-order chi connectivity index (χ0) is 18.9. The lowest BCUT2D eigenvalue weighted by atomic mass is 10.2. The van der Waals surface area contributed by atoms with Gasteiger partial charge in [0.2, 0.25) is 0 Å². The van der Waals surface area contributed by atoms with E-state index < -0.39 is 45.5 Å². The molecule has 0 saturated carbocycles. The summed E-state index contributed by atoms with van der Waals surface area (Å²) >= 11 is 0. The predicted octanol–water partition coefficient (Wildman–Crippen LogP) is 3.00. The third-order valence-corrected chi connectivity index (χ3v) is 3.89. The summed E-state index contributed by atoms with van der Waals surface area (Å²) in [6, 6.07) is -6.21. The molecule has 1 aliphatic rings. The van der Waals surface area contributed by atoms with Crippen molar-refractivity contribution in [3.05, 3.63) is 0 Å². The summed E-state index contributed by atoms with van der Waals surface area (Å²) in [5.41, 5.74) is 0. The van der Waals surface area contributed by atoms with E-state index in [1.807, 2.05) is 4.74 Å². The molecule has 138 valence electrons. The molecule has 0 spiro atoms. The fraction of sp³-hybridized carbons (Fsp3) is 1.00. The van der Waals surface area contributed by atoms with Crippen molar-refractivity contribution in [2.75, 3.05) is 0 Å². The number of halogens is 12. The molecule has 0 bridgehead atoms. The zero-order valence-electron chi connectivity index (χ0n) is 9.58. The monoisotopic (exact) mass is 396 g/mol. The van der Waals surface area contributed by atoms with E-state index in [1.165, 1.54) is 0 Å². The lowest BCUT2D eigenvalue weighted by molar-refractivity contribution is -0.512. The Morgan fingerprint density at radius 1 is 0.826 bits per heavy atom. The molecule has 1 fully saturated rings. The van der Waals surface area contributed by atoms with Crippen molar-refractivity contribution in [2.24, 2.45) is 0 Å². The van der Waals surface area contributed by atoms with E-state index in [2.05, 4.69) is 4.18 Å². The molecule has 2 unspecified atom stereocenters. The van der Waals surface area contributed by atoms with Gasteiger partial charge in [-0.2, -0.15) is 60.9 Å². The Kier molecular flexibility index (Phi) is 3.98. The van der Waals surface area contributed by atoms with Gasteiger partial charge in [0, 0.05) is 0 Å². The van der Waals surface area contributed by atoms with Gasteiger partial charge >= 0.3 is 45.5 Å². The summed E-state index contributed by atoms with van der Waals surface area (Å²) in [5, 5.41) is -6.46. The summed E-state index contributed by atoms with van der Waals surface area (Å²) in [6.07, 6.45) is -21.2. The predicted molar refractivity (Wildman–Crippen MR) is 40.8 cm³/mol. The normalized spacial score (nSPS) is 32.5. The quantitative estimate of drug-likeness (QED) is 0.544. The smallest absolute Gasteiger partial charge is 0.249 e. The number of hydrogen-bond donors (Lipinski definition) is 0. The lowest BCUT2D eigenvalue weighted by Gasteiger charge is -2.46. The number of alkyl halides is 12. The van der Waals surface area contributed by atoms with Crippen LogP contribution in [0.5, 0.6) is 0 Å². The van der Waals surface area contributed by atoms with E-state index in [9.17, 15) is 61.1 Å². The summed E-state index contributed by atoms with van der Waals surface area (Å²) in [6.45, 7) is 0. The highest BCUT2D eigenvalue weighted by Crippen LogP contribution is 2.61. The first kappa shape index (κ1) is 20.1. The van der Waals surface area contributed by atoms with Gasteiger partial charge in [0.05, 0.1) is 0 Å². The van der Waals surface area contributed by atoms with Crippen molar-refractivity contribution in [1.82, 2.24) is 0 Å². The second-order valence-electron chi connectivity index (χ2n) is 3.86. The van der Waals surface area contributed by atoms with Crippen LogP contribution >= 0.6 is 0 Å². The molecule has 1 saturated heterocycles. The second kappa shape index (κ2) is 4.56. The molecule has 23 heavy (non-hydrogen) atoms. The number of rotatable bonds is 3. The minimum Gasteiger partial charge on any atom is -0.249 e. The van der Waals surface area contributed by atoms with Crippen molar-refractivity contribution in [2.45, 2.75) is 35.4 Å². The standard InChI is InChI=1S/C6F12O4S/c7-1(8,3(10,11)12)5(16,17)21-6(18)2(9,4(13,14)15)23(19,20)22-6. The van der Waals surface area contributed by atoms with Crippen LogP contribution < -0.4 is 0 Å². The molecule has 2 atom stereocenters. The van der Waals surface area contributed by atoms with Gasteiger partial charge in [-0.3, -0.25) is 0 Å². The third kappa shape index (κ3) is 2.43. The summed E-state index contributed by atoms with van der Waals surface area (Å²) in [4.78, 5) is 0. The van der Waals surface area contributed by atoms with E-state index in [-0.39, 0.29) is 0 Å². The fourth-order valence-electron chi connectivity index (χ4n) is 1.16. The first-order valence-electron chi connectivity index (χ1n) is 4.58. The Morgan fingerprint density at radius 3 is 1.48 bits per heavy atom. The van der Waals surface area contributed by atoms with Crippen molar-refractivity contribution < 1.29 is 70.0 Å². The van der Waals surface area contributed by atoms with Crippen LogP contribution in [0.3, 0.4) is 0 Å². The van der Waals surface area contributed by atoms with E-state index in [0.29, 0.717) is 0 Å². The molecule has 4 nitrogen and oxygen atoms in total. The highest BCUT2D eigenvalue weighted by Gasteiger charge is 2.93. The van der Waals surface area contributed by atoms with Gasteiger partial charge in [-0.05, 0) is 0 Å². The Balaban J connectivity index is 3.33. The maximum absolute atomic E-state index is 13.3. The molecule has 1 aliphatic heterocycles. The first-order chi connectivity index (χ1) is 9.66. The average molecular weight is 396 g/mol. The molecule has 0 amide bonds. The fourth-order valence-corrected chi connectivity index (χ4v) is 2.25. The van der Waals surface area contributed by atoms with Crippen LogP contribution in [-0.4, -0.2) is 43.8 Å². The molecular formula is C6F12O4S. The van der Waals surface area contributed by atoms with E-state index >= 15 is 0 Å². The Hall–Kier alpha value is -0.970. The Morgan fingerprint density at radius 2 is 1.22 bits per heavy atom. The van der Waals surface area contributed by atoms with Crippen LogP contribution in [0.2, 0.25) is 0 Å². The van der Waals surface area contributed by atoms with Gasteiger partial charge in [-0.1, -0.05) is 0 Å². The molecule has 1 rings (SSSR count). The second-order valence-corrected chi connectivity index (χ2v) is 5.50. The Labute approximate surface area is 117 Å². The topological polar surface area (TPSA) is 52.6 Å². The van der Waals surface area contributed by atoms with Crippen LogP contribution in [-0.2, 0) is 19.0 Å². The van der Waals surface area contributed by atoms with Crippen LogP contribution in [0, 0.1) is 0 Å². The minimum atomic E-state index is -7.31. The van der Waals surface area contributed by atoms with Crippen LogP contribution in [0.1, 0.15) is 0 Å². The number of hydrogen-bond acceptors (Lipinski definition) is 4. The lowest BCUT2D eigenvalue weighted by Crippen LogP contribution is -2.76. The van der Waals surface area contributed by atoms with Gasteiger partial charge in [-0.25, -0.2) is 9.13 Å². The van der Waals surface area contributed by atoms with E-state index in [1.54, 1.807) is 0 Å². The van der Waals surface area contributed by atoms with Gasteiger partial charge in [0.15, 0.2) is 0 Å². The summed E-state index contributed by atoms with van der Waals surface area (Å²) < 4.78 is 173. The Bertz CT molecular complexity index is 592. The molecule has 0 radical (unpaired) electrons. The SMILES string of the molecule is O=S1(=O)OC(F)(OC(F)(F)C(F)(F)C(F)(F)F)C1(F)C(F)(F)F. The van der Waals surface area contributed by atoms with Gasteiger partial charge in [0.25, 0.3) is 0 Å². The molecule has 0 aliphatic carbocycles. The zero-order valence-corrected chi connectivity index (χ0v) is 10.4. The maximum Gasteiger partial charge on any atom is 0.462 e. The van der Waals surface area contributed by atoms with Crippen LogP contribution in [0.15, 0.2) is 0 Å². The van der Waals surface area contributed by atoms with Crippen molar-refractivity contribution in [1.29, 1.82) is 0 Å². The van der Waals surface area contributed by atoms with Gasteiger partial charge in [-0.15, -0.1) is 0 Å². The molecule has 17 heteroatoms. The van der Waals surface area contributed by atoms with Crippen molar-refractivity contribution in [3.63, 3.8) is 0 Å². The largest absolute Gasteiger partial charge is 0.462 e. The summed E-state index contributed by atoms with van der Waals surface area (Å²) in [7, 11) is -6.69. The molecule has 0 aromatic rings. The van der Waals surface area contributed by atoms with Gasteiger partial charge < -0.3 is 0 Å². The van der Waals surface area contributed by atoms with Crippen molar-refractivity contribution in [3.8, 4) is 0 Å². The third-order valence-electron chi connectivity index (χ3n) is 2.29. The van der Waals surface area contributed by atoms with E-state index in [4.69, 9.17) is 0 Å². The minimum absolute atomic E-state index is 1.86. The van der Waals surface area contributed by atoms with Crippen LogP contribution in [0.4, 0.5) is 52.7 Å². The summed E-state index contributed by atoms with van der Waals surface area (Å²) in [5.74, 6) is -7.31. The van der Waals surface area contributed by atoms with E-state index in [0.717, 1.165) is 0 Å². The highest BCUT2D eigenvalue weighted by molar-refractivity contribution is 7.89. The first-order valence-corrected chi connectivity index (χ1v) is 5.99. The average Bonchev–Trinajstić information content (AvgIpc) is 2.22. The highest BCUT2D eigenvalue weighted by atomic mass is 32.2. The molecule has 0 aromatic carbocycles. The number of ether oxygens (including phenoxy) is 1. The molecule has 1 heterocycles.